The van der Waals surface area contributed by atoms with Gasteiger partial charge in [-0.15, -0.1) is 0 Å². The molecule has 0 spiro atoms. The standard InChI is InChI=1S/C18H20ClNO2S/c19-18-9-5-4-8-16(18)13-20(12-15-6-2-1-3-7-15)17-10-11-23(21,22)14-17/h1-9,17H,10-14H2/t17-/m1/s1. The molecule has 0 amide bonds. The van der Waals surface area contributed by atoms with Crippen LogP contribution >= 0.6 is 11.6 Å². The van der Waals surface area contributed by atoms with Crippen LogP contribution in [0.15, 0.2) is 54.6 Å². The molecule has 0 saturated carbocycles. The van der Waals surface area contributed by atoms with Crippen molar-refractivity contribution in [1.82, 2.24) is 4.90 Å². The van der Waals surface area contributed by atoms with E-state index in [-0.39, 0.29) is 17.5 Å². The first kappa shape index (κ1) is 16.5. The van der Waals surface area contributed by atoms with Crippen LogP contribution in [0.1, 0.15) is 17.5 Å². The summed E-state index contributed by atoms with van der Waals surface area (Å²) in [7, 11) is -2.91. The number of benzene rings is 2. The van der Waals surface area contributed by atoms with E-state index in [2.05, 4.69) is 17.0 Å². The Bertz CT molecular complexity index is 762. The Morgan fingerprint density at radius 3 is 2.35 bits per heavy atom. The molecular weight excluding hydrogens is 330 g/mol. The third kappa shape index (κ3) is 4.34. The summed E-state index contributed by atoms with van der Waals surface area (Å²) in [6.07, 6.45) is 0.694. The average Bonchev–Trinajstić information content (AvgIpc) is 2.90. The van der Waals surface area contributed by atoms with Crippen molar-refractivity contribution in [2.24, 2.45) is 0 Å². The topological polar surface area (TPSA) is 37.4 Å². The van der Waals surface area contributed by atoms with E-state index in [1.807, 2.05) is 42.5 Å². The van der Waals surface area contributed by atoms with E-state index in [0.717, 1.165) is 17.1 Å². The predicted molar refractivity (Wildman–Crippen MR) is 94.2 cm³/mol. The molecule has 1 atom stereocenters. The van der Waals surface area contributed by atoms with Crippen LogP contribution in [0.5, 0.6) is 0 Å². The molecule has 2 aromatic carbocycles. The lowest BCUT2D eigenvalue weighted by molar-refractivity contribution is 0.194. The van der Waals surface area contributed by atoms with Gasteiger partial charge >= 0.3 is 0 Å². The van der Waals surface area contributed by atoms with Gasteiger partial charge in [0, 0.05) is 24.2 Å². The first-order chi connectivity index (χ1) is 11.0. The van der Waals surface area contributed by atoms with Crippen molar-refractivity contribution in [1.29, 1.82) is 0 Å². The van der Waals surface area contributed by atoms with Gasteiger partial charge in [-0.05, 0) is 23.6 Å². The first-order valence-electron chi connectivity index (χ1n) is 7.75. The maximum atomic E-state index is 11.9. The van der Waals surface area contributed by atoms with Crippen LogP contribution in [-0.4, -0.2) is 30.9 Å². The van der Waals surface area contributed by atoms with Crippen molar-refractivity contribution in [3.8, 4) is 0 Å². The van der Waals surface area contributed by atoms with Crippen molar-refractivity contribution in [3.63, 3.8) is 0 Å². The molecule has 0 aromatic heterocycles. The Kier molecular flexibility index (Phi) is 5.05. The fraction of sp³-hybridized carbons (Fsp3) is 0.333. The molecule has 122 valence electrons. The molecule has 1 fully saturated rings. The zero-order valence-corrected chi connectivity index (χ0v) is 14.4. The van der Waals surface area contributed by atoms with E-state index >= 15 is 0 Å². The van der Waals surface area contributed by atoms with E-state index in [1.165, 1.54) is 5.56 Å². The Labute approximate surface area is 142 Å². The summed E-state index contributed by atoms with van der Waals surface area (Å²) in [4.78, 5) is 2.24. The van der Waals surface area contributed by atoms with Gasteiger partial charge in [-0.1, -0.05) is 60.1 Å². The summed E-state index contributed by atoms with van der Waals surface area (Å²) >= 11 is 6.29. The molecule has 3 rings (SSSR count). The van der Waals surface area contributed by atoms with Crippen LogP contribution in [0.25, 0.3) is 0 Å². The van der Waals surface area contributed by atoms with Gasteiger partial charge in [0.05, 0.1) is 11.5 Å². The highest BCUT2D eigenvalue weighted by molar-refractivity contribution is 7.91. The fourth-order valence-electron chi connectivity index (χ4n) is 3.04. The Hall–Kier alpha value is -1.36. The van der Waals surface area contributed by atoms with Crippen molar-refractivity contribution in [3.05, 3.63) is 70.7 Å². The summed E-state index contributed by atoms with van der Waals surface area (Å²) in [5, 5.41) is 0.728. The Balaban J connectivity index is 1.83. The number of sulfone groups is 1. The molecular formula is C18H20ClNO2S. The molecule has 1 aliphatic heterocycles. The van der Waals surface area contributed by atoms with E-state index in [1.54, 1.807) is 0 Å². The van der Waals surface area contributed by atoms with Crippen LogP contribution in [0.4, 0.5) is 0 Å². The Morgan fingerprint density at radius 1 is 1.00 bits per heavy atom. The van der Waals surface area contributed by atoms with Gasteiger partial charge in [0.2, 0.25) is 0 Å². The second kappa shape index (κ2) is 7.04. The maximum Gasteiger partial charge on any atom is 0.151 e. The number of halogens is 1. The van der Waals surface area contributed by atoms with Gasteiger partial charge in [0.15, 0.2) is 9.84 Å². The van der Waals surface area contributed by atoms with Crippen molar-refractivity contribution in [2.75, 3.05) is 11.5 Å². The predicted octanol–water partition coefficient (Wildman–Crippen LogP) is 3.53. The second-order valence-electron chi connectivity index (χ2n) is 6.04. The van der Waals surface area contributed by atoms with Gasteiger partial charge in [0.1, 0.15) is 0 Å². The summed E-state index contributed by atoms with van der Waals surface area (Å²) in [6.45, 7) is 1.39. The molecule has 23 heavy (non-hydrogen) atoms. The van der Waals surface area contributed by atoms with Gasteiger partial charge < -0.3 is 0 Å². The Morgan fingerprint density at radius 2 is 1.70 bits per heavy atom. The lowest BCUT2D eigenvalue weighted by atomic mass is 10.1. The SMILES string of the molecule is O=S1(=O)CC[C@@H](N(Cc2ccccc2)Cc2ccccc2Cl)C1. The second-order valence-corrected chi connectivity index (χ2v) is 8.67. The van der Waals surface area contributed by atoms with E-state index in [9.17, 15) is 8.42 Å². The van der Waals surface area contributed by atoms with Gasteiger partial charge in [-0.3, -0.25) is 4.90 Å². The van der Waals surface area contributed by atoms with Crippen LogP contribution < -0.4 is 0 Å². The van der Waals surface area contributed by atoms with Crippen LogP contribution in [0.3, 0.4) is 0 Å². The monoisotopic (exact) mass is 349 g/mol. The van der Waals surface area contributed by atoms with Gasteiger partial charge in [-0.2, -0.15) is 0 Å². The van der Waals surface area contributed by atoms with E-state index in [4.69, 9.17) is 11.6 Å². The number of rotatable bonds is 5. The third-order valence-corrected chi connectivity index (χ3v) is 6.40. The molecule has 0 bridgehead atoms. The van der Waals surface area contributed by atoms with Crippen molar-refractivity contribution < 1.29 is 8.42 Å². The summed E-state index contributed by atoms with van der Waals surface area (Å²) in [5.74, 6) is 0.524. The molecule has 2 aromatic rings. The molecule has 1 saturated heterocycles. The summed E-state index contributed by atoms with van der Waals surface area (Å²) in [5.41, 5.74) is 2.22. The van der Waals surface area contributed by atoms with Crippen LogP contribution in [0, 0.1) is 0 Å². The molecule has 0 N–H and O–H groups in total. The normalized spacial score (nSPS) is 20.0. The van der Waals surface area contributed by atoms with Gasteiger partial charge in [-0.25, -0.2) is 8.42 Å². The molecule has 1 heterocycles. The molecule has 0 unspecified atom stereocenters. The number of nitrogens with zero attached hydrogens (tertiary/aromatic N) is 1. The molecule has 5 heteroatoms. The van der Waals surface area contributed by atoms with E-state index < -0.39 is 9.84 Å². The number of hydrogen-bond donors (Lipinski definition) is 0. The lowest BCUT2D eigenvalue weighted by Crippen LogP contribution is -2.35. The van der Waals surface area contributed by atoms with Crippen molar-refractivity contribution >= 4 is 21.4 Å². The summed E-state index contributed by atoms with van der Waals surface area (Å²) < 4.78 is 23.7. The molecule has 3 nitrogen and oxygen atoms in total. The zero-order valence-electron chi connectivity index (χ0n) is 12.9. The fourth-order valence-corrected chi connectivity index (χ4v) is 5.00. The highest BCUT2D eigenvalue weighted by Gasteiger charge is 2.32. The maximum absolute atomic E-state index is 11.9. The average molecular weight is 350 g/mol. The minimum absolute atomic E-state index is 0.0523. The summed E-state index contributed by atoms with van der Waals surface area (Å²) in [6, 6.07) is 18.0. The zero-order chi connectivity index (χ0) is 16.3. The van der Waals surface area contributed by atoms with Gasteiger partial charge in [0.25, 0.3) is 0 Å². The quantitative estimate of drug-likeness (QED) is 0.828. The molecule has 1 aliphatic rings. The van der Waals surface area contributed by atoms with Crippen molar-refractivity contribution in [2.45, 2.75) is 25.6 Å². The molecule has 0 aliphatic carbocycles. The largest absolute Gasteiger partial charge is 0.291 e. The minimum Gasteiger partial charge on any atom is -0.291 e. The van der Waals surface area contributed by atoms with Crippen LogP contribution in [0.2, 0.25) is 5.02 Å². The molecule has 0 radical (unpaired) electrons. The highest BCUT2D eigenvalue weighted by atomic mass is 35.5. The smallest absolute Gasteiger partial charge is 0.151 e. The number of hydrogen-bond acceptors (Lipinski definition) is 3. The van der Waals surface area contributed by atoms with Crippen LogP contribution in [-0.2, 0) is 22.9 Å². The van der Waals surface area contributed by atoms with E-state index in [0.29, 0.717) is 13.0 Å². The third-order valence-electron chi connectivity index (χ3n) is 4.28. The lowest BCUT2D eigenvalue weighted by Gasteiger charge is -2.28. The minimum atomic E-state index is -2.91. The highest BCUT2D eigenvalue weighted by Crippen LogP contribution is 2.24. The first-order valence-corrected chi connectivity index (χ1v) is 9.95.